The number of amides is 2. The molecule has 1 atom stereocenters. The number of carbonyl (C=O) groups excluding carboxylic acids is 2. The molecule has 0 spiro atoms. The van der Waals surface area contributed by atoms with Gasteiger partial charge in [0.25, 0.3) is 5.91 Å². The predicted molar refractivity (Wildman–Crippen MR) is 147 cm³/mol. The van der Waals surface area contributed by atoms with Crippen molar-refractivity contribution in [3.63, 3.8) is 0 Å². The van der Waals surface area contributed by atoms with E-state index in [2.05, 4.69) is 5.32 Å². The van der Waals surface area contributed by atoms with E-state index < -0.39 is 6.04 Å². The normalized spacial score (nSPS) is 14.5. The lowest BCUT2D eigenvalue weighted by Crippen LogP contribution is -2.53. The van der Waals surface area contributed by atoms with Crippen molar-refractivity contribution in [2.45, 2.75) is 71.0 Å². The smallest absolute Gasteiger partial charge is 0.261 e. The van der Waals surface area contributed by atoms with E-state index in [4.69, 9.17) is 4.74 Å². The first-order chi connectivity index (χ1) is 18.0. The van der Waals surface area contributed by atoms with Crippen LogP contribution in [0.4, 0.5) is 0 Å². The maximum absolute atomic E-state index is 13.8. The number of hydrogen-bond acceptors (Lipinski definition) is 3. The SMILES string of the molecule is Cc1ccc(CN(C(=O)COc2ccc(C)cc2)[C@@H](Cc2ccccc2)C(=O)NC2CCCCC2)cc1. The highest BCUT2D eigenvalue weighted by Gasteiger charge is 2.32. The third kappa shape index (κ3) is 7.94. The zero-order valence-electron chi connectivity index (χ0n) is 22.0. The average Bonchev–Trinajstić information content (AvgIpc) is 2.92. The minimum atomic E-state index is -0.639. The quantitative estimate of drug-likeness (QED) is 0.386. The Morgan fingerprint density at radius 3 is 2.11 bits per heavy atom. The van der Waals surface area contributed by atoms with Crippen LogP contribution in [-0.4, -0.2) is 35.4 Å². The number of carbonyl (C=O) groups is 2. The second-order valence-electron chi connectivity index (χ2n) is 10.2. The summed E-state index contributed by atoms with van der Waals surface area (Å²) in [4.78, 5) is 29.2. The number of aryl methyl sites for hydroxylation is 2. The summed E-state index contributed by atoms with van der Waals surface area (Å²) in [6.45, 7) is 4.26. The maximum Gasteiger partial charge on any atom is 0.261 e. The number of hydrogen-bond donors (Lipinski definition) is 1. The Balaban J connectivity index is 1.59. The van der Waals surface area contributed by atoms with Crippen molar-refractivity contribution >= 4 is 11.8 Å². The van der Waals surface area contributed by atoms with Gasteiger partial charge in [0.2, 0.25) is 5.91 Å². The van der Waals surface area contributed by atoms with Crippen LogP contribution >= 0.6 is 0 Å². The summed E-state index contributed by atoms with van der Waals surface area (Å²) in [5.41, 5.74) is 4.28. The molecule has 194 valence electrons. The lowest BCUT2D eigenvalue weighted by Gasteiger charge is -2.33. The summed E-state index contributed by atoms with van der Waals surface area (Å²) in [7, 11) is 0. The Labute approximate surface area is 220 Å². The highest BCUT2D eigenvalue weighted by molar-refractivity contribution is 5.88. The van der Waals surface area contributed by atoms with Gasteiger partial charge in [0, 0.05) is 19.0 Å². The fraction of sp³-hybridized carbons (Fsp3) is 0.375. The van der Waals surface area contributed by atoms with Crippen LogP contribution in [0.15, 0.2) is 78.9 Å². The van der Waals surface area contributed by atoms with Crippen molar-refractivity contribution in [1.82, 2.24) is 10.2 Å². The molecule has 1 aliphatic rings. The van der Waals surface area contributed by atoms with E-state index in [1.54, 1.807) is 4.90 Å². The van der Waals surface area contributed by atoms with Crippen LogP contribution in [0, 0.1) is 13.8 Å². The molecule has 0 heterocycles. The van der Waals surface area contributed by atoms with Gasteiger partial charge >= 0.3 is 0 Å². The summed E-state index contributed by atoms with van der Waals surface area (Å²) in [6, 6.07) is 25.2. The Morgan fingerprint density at radius 2 is 1.46 bits per heavy atom. The fourth-order valence-corrected chi connectivity index (χ4v) is 4.85. The number of rotatable bonds is 10. The Hall–Kier alpha value is -3.60. The molecule has 1 saturated carbocycles. The van der Waals surface area contributed by atoms with Crippen LogP contribution in [0.25, 0.3) is 0 Å². The molecule has 0 unspecified atom stereocenters. The van der Waals surface area contributed by atoms with E-state index in [0.717, 1.165) is 47.9 Å². The summed E-state index contributed by atoms with van der Waals surface area (Å²) < 4.78 is 5.87. The highest BCUT2D eigenvalue weighted by Crippen LogP contribution is 2.20. The van der Waals surface area contributed by atoms with Crippen LogP contribution in [0.5, 0.6) is 5.75 Å². The van der Waals surface area contributed by atoms with Crippen LogP contribution in [0.1, 0.15) is 54.4 Å². The Bertz CT molecular complexity index is 1140. The van der Waals surface area contributed by atoms with E-state index in [1.165, 1.54) is 6.42 Å². The molecular formula is C32H38N2O3. The zero-order chi connectivity index (χ0) is 26.0. The van der Waals surface area contributed by atoms with E-state index in [1.807, 2.05) is 92.7 Å². The van der Waals surface area contributed by atoms with Gasteiger partial charge in [-0.2, -0.15) is 0 Å². The molecule has 0 radical (unpaired) electrons. The number of nitrogens with one attached hydrogen (secondary N) is 1. The standard InChI is InChI=1S/C32H38N2O3/c1-24-13-17-27(18-14-24)22-34(31(35)23-37-29-19-15-25(2)16-20-29)30(21-26-9-5-3-6-10-26)32(36)33-28-11-7-4-8-12-28/h3,5-6,9-10,13-20,28,30H,4,7-8,11-12,21-23H2,1-2H3,(H,33,36)/t30-/m0/s1. The van der Waals surface area contributed by atoms with Gasteiger partial charge in [-0.25, -0.2) is 0 Å². The molecular weight excluding hydrogens is 460 g/mol. The Morgan fingerprint density at radius 1 is 0.838 bits per heavy atom. The fourth-order valence-electron chi connectivity index (χ4n) is 4.85. The first kappa shape index (κ1) is 26.5. The van der Waals surface area contributed by atoms with Gasteiger partial charge in [0.15, 0.2) is 6.61 Å². The van der Waals surface area contributed by atoms with Gasteiger partial charge in [0.1, 0.15) is 11.8 Å². The van der Waals surface area contributed by atoms with E-state index >= 15 is 0 Å². The molecule has 0 aromatic heterocycles. The van der Waals surface area contributed by atoms with Crippen molar-refractivity contribution in [3.05, 3.63) is 101 Å². The average molecular weight is 499 g/mol. The summed E-state index contributed by atoms with van der Waals surface area (Å²) in [6.07, 6.45) is 5.91. The molecule has 0 saturated heterocycles. The summed E-state index contributed by atoms with van der Waals surface area (Å²) in [5, 5.41) is 3.28. The molecule has 1 aliphatic carbocycles. The molecule has 2 amide bonds. The van der Waals surface area contributed by atoms with Crippen molar-refractivity contribution in [1.29, 1.82) is 0 Å². The molecule has 0 bridgehead atoms. The molecule has 3 aromatic rings. The first-order valence-electron chi connectivity index (χ1n) is 13.4. The molecule has 37 heavy (non-hydrogen) atoms. The summed E-state index contributed by atoms with van der Waals surface area (Å²) >= 11 is 0. The molecule has 5 nitrogen and oxygen atoms in total. The van der Waals surface area contributed by atoms with E-state index in [0.29, 0.717) is 18.7 Å². The minimum absolute atomic E-state index is 0.0912. The first-order valence-corrected chi connectivity index (χ1v) is 13.4. The summed E-state index contributed by atoms with van der Waals surface area (Å²) in [5.74, 6) is 0.341. The largest absolute Gasteiger partial charge is 0.484 e. The van der Waals surface area contributed by atoms with Crippen LogP contribution in [0.2, 0.25) is 0 Å². The van der Waals surface area contributed by atoms with E-state index in [9.17, 15) is 9.59 Å². The zero-order valence-corrected chi connectivity index (χ0v) is 22.0. The molecule has 1 N–H and O–H groups in total. The Kier molecular flexibility index (Phi) is 9.36. The van der Waals surface area contributed by atoms with Crippen LogP contribution in [-0.2, 0) is 22.6 Å². The second-order valence-corrected chi connectivity index (χ2v) is 10.2. The topological polar surface area (TPSA) is 58.6 Å². The van der Waals surface area contributed by atoms with Gasteiger partial charge in [-0.1, -0.05) is 97.1 Å². The lowest BCUT2D eigenvalue weighted by molar-refractivity contribution is -0.143. The second kappa shape index (κ2) is 13.1. The van der Waals surface area contributed by atoms with Crippen molar-refractivity contribution in [2.24, 2.45) is 0 Å². The molecule has 3 aromatic carbocycles. The van der Waals surface area contributed by atoms with Gasteiger partial charge < -0.3 is 15.0 Å². The van der Waals surface area contributed by atoms with Crippen LogP contribution in [0.3, 0.4) is 0 Å². The molecule has 1 fully saturated rings. The monoisotopic (exact) mass is 498 g/mol. The maximum atomic E-state index is 13.8. The highest BCUT2D eigenvalue weighted by atomic mass is 16.5. The number of ether oxygens (including phenoxy) is 1. The van der Waals surface area contributed by atoms with Gasteiger partial charge in [-0.05, 0) is 49.9 Å². The lowest BCUT2D eigenvalue weighted by atomic mass is 9.94. The van der Waals surface area contributed by atoms with Crippen LogP contribution < -0.4 is 10.1 Å². The number of nitrogens with zero attached hydrogens (tertiary/aromatic N) is 1. The molecule has 0 aliphatic heterocycles. The van der Waals surface area contributed by atoms with Crippen molar-refractivity contribution in [3.8, 4) is 5.75 Å². The third-order valence-electron chi connectivity index (χ3n) is 7.08. The van der Waals surface area contributed by atoms with Crippen molar-refractivity contribution < 1.29 is 14.3 Å². The van der Waals surface area contributed by atoms with Gasteiger partial charge in [-0.3, -0.25) is 9.59 Å². The predicted octanol–water partition coefficient (Wildman–Crippen LogP) is 5.77. The van der Waals surface area contributed by atoms with E-state index in [-0.39, 0.29) is 24.5 Å². The molecule has 5 heteroatoms. The minimum Gasteiger partial charge on any atom is -0.484 e. The third-order valence-corrected chi connectivity index (χ3v) is 7.08. The molecule has 4 rings (SSSR count). The van der Waals surface area contributed by atoms with Gasteiger partial charge in [0.05, 0.1) is 0 Å². The van der Waals surface area contributed by atoms with Gasteiger partial charge in [-0.15, -0.1) is 0 Å². The number of benzene rings is 3. The van der Waals surface area contributed by atoms with Crippen molar-refractivity contribution in [2.75, 3.05) is 6.61 Å².